The number of hydrogen-bond acceptors (Lipinski definition) is 2. The Hall–Kier alpha value is -2.10. The SMILES string of the molecule is CC(c1ccccc1)c1nccn1CCCN1CCCC1=O. The van der Waals surface area contributed by atoms with E-state index in [-0.39, 0.29) is 5.92 Å². The van der Waals surface area contributed by atoms with E-state index in [2.05, 4.69) is 40.7 Å². The fraction of sp³-hybridized carbons (Fsp3) is 0.444. The number of aryl methyl sites for hydroxylation is 1. The Kier molecular flexibility index (Phi) is 4.56. The van der Waals surface area contributed by atoms with Crippen LogP contribution in [0.4, 0.5) is 0 Å². The first kappa shape index (κ1) is 14.8. The van der Waals surface area contributed by atoms with Crippen LogP contribution in [0.15, 0.2) is 42.7 Å². The van der Waals surface area contributed by atoms with Crippen LogP contribution in [-0.2, 0) is 11.3 Å². The molecule has 3 rings (SSSR count). The highest BCUT2D eigenvalue weighted by atomic mass is 16.2. The lowest BCUT2D eigenvalue weighted by Gasteiger charge is -2.17. The third-order valence-corrected chi connectivity index (χ3v) is 4.43. The lowest BCUT2D eigenvalue weighted by Crippen LogP contribution is -2.26. The second kappa shape index (κ2) is 6.77. The zero-order valence-corrected chi connectivity index (χ0v) is 13.1. The van der Waals surface area contributed by atoms with Gasteiger partial charge >= 0.3 is 0 Å². The van der Waals surface area contributed by atoms with Crippen molar-refractivity contribution in [3.05, 3.63) is 54.1 Å². The summed E-state index contributed by atoms with van der Waals surface area (Å²) in [5, 5.41) is 0. The van der Waals surface area contributed by atoms with E-state index >= 15 is 0 Å². The molecule has 1 aliphatic rings. The summed E-state index contributed by atoms with van der Waals surface area (Å²) in [6, 6.07) is 10.5. The molecule has 2 heterocycles. The molecule has 1 unspecified atom stereocenters. The highest BCUT2D eigenvalue weighted by molar-refractivity contribution is 5.77. The van der Waals surface area contributed by atoms with Gasteiger partial charge in [-0.1, -0.05) is 37.3 Å². The highest BCUT2D eigenvalue weighted by Crippen LogP contribution is 2.22. The van der Waals surface area contributed by atoms with E-state index in [1.54, 1.807) is 0 Å². The molecule has 0 aliphatic carbocycles. The summed E-state index contributed by atoms with van der Waals surface area (Å²) in [7, 11) is 0. The Labute approximate surface area is 131 Å². The Morgan fingerprint density at radius 1 is 1.23 bits per heavy atom. The van der Waals surface area contributed by atoms with Crippen LogP contribution < -0.4 is 0 Å². The molecule has 116 valence electrons. The van der Waals surface area contributed by atoms with Crippen LogP contribution in [-0.4, -0.2) is 33.4 Å². The maximum absolute atomic E-state index is 11.6. The molecule has 0 N–H and O–H groups in total. The van der Waals surface area contributed by atoms with Gasteiger partial charge in [-0.15, -0.1) is 0 Å². The second-order valence-electron chi connectivity index (χ2n) is 5.95. The number of rotatable bonds is 6. The monoisotopic (exact) mass is 297 g/mol. The third-order valence-electron chi connectivity index (χ3n) is 4.43. The molecule has 0 spiro atoms. The van der Waals surface area contributed by atoms with E-state index in [1.807, 2.05) is 23.4 Å². The molecule has 4 heteroatoms. The van der Waals surface area contributed by atoms with Gasteiger partial charge in [0.1, 0.15) is 5.82 Å². The van der Waals surface area contributed by atoms with Gasteiger partial charge in [0.2, 0.25) is 5.91 Å². The summed E-state index contributed by atoms with van der Waals surface area (Å²) in [5.41, 5.74) is 1.28. The van der Waals surface area contributed by atoms with Crippen molar-refractivity contribution in [1.82, 2.24) is 14.5 Å². The Morgan fingerprint density at radius 2 is 2.05 bits per heavy atom. The summed E-state index contributed by atoms with van der Waals surface area (Å²) in [6.07, 6.45) is 6.63. The maximum atomic E-state index is 11.6. The first-order chi connectivity index (χ1) is 10.8. The molecule has 1 aliphatic heterocycles. The first-order valence-corrected chi connectivity index (χ1v) is 8.09. The minimum atomic E-state index is 0.282. The average Bonchev–Trinajstić information content (AvgIpc) is 3.17. The molecular weight excluding hydrogens is 274 g/mol. The van der Waals surface area contributed by atoms with Crippen molar-refractivity contribution in [1.29, 1.82) is 0 Å². The van der Waals surface area contributed by atoms with Crippen molar-refractivity contribution >= 4 is 5.91 Å². The number of carbonyl (C=O) groups excluding carboxylic acids is 1. The van der Waals surface area contributed by atoms with Crippen molar-refractivity contribution in [3.8, 4) is 0 Å². The summed E-state index contributed by atoms with van der Waals surface area (Å²) < 4.78 is 2.22. The standard InChI is InChI=1S/C18H23N3O/c1-15(16-7-3-2-4-8-16)18-19-10-14-21(18)13-6-12-20-11-5-9-17(20)22/h2-4,7-8,10,14-15H,5-6,9,11-13H2,1H3. The zero-order chi connectivity index (χ0) is 15.4. The van der Waals surface area contributed by atoms with E-state index in [1.165, 1.54) is 5.56 Å². The molecule has 0 saturated carbocycles. The predicted octanol–water partition coefficient (Wildman–Crippen LogP) is 3.05. The van der Waals surface area contributed by atoms with Gasteiger partial charge in [0.15, 0.2) is 0 Å². The van der Waals surface area contributed by atoms with Crippen molar-refractivity contribution in [3.63, 3.8) is 0 Å². The van der Waals surface area contributed by atoms with E-state index in [9.17, 15) is 4.79 Å². The molecule has 22 heavy (non-hydrogen) atoms. The molecule has 1 aromatic heterocycles. The number of nitrogens with zero attached hydrogens (tertiary/aromatic N) is 3. The van der Waals surface area contributed by atoms with E-state index < -0.39 is 0 Å². The summed E-state index contributed by atoms with van der Waals surface area (Å²) in [6.45, 7) is 4.89. The molecule has 0 radical (unpaired) electrons. The lowest BCUT2D eigenvalue weighted by molar-refractivity contribution is -0.127. The third kappa shape index (κ3) is 3.21. The minimum Gasteiger partial charge on any atom is -0.343 e. The zero-order valence-electron chi connectivity index (χ0n) is 13.1. The van der Waals surface area contributed by atoms with Crippen LogP contribution in [0.2, 0.25) is 0 Å². The largest absolute Gasteiger partial charge is 0.343 e. The predicted molar refractivity (Wildman–Crippen MR) is 86.6 cm³/mol. The van der Waals surface area contributed by atoms with Crippen LogP contribution in [0.5, 0.6) is 0 Å². The summed E-state index contributed by atoms with van der Waals surface area (Å²) in [4.78, 5) is 18.2. The van der Waals surface area contributed by atoms with Crippen LogP contribution in [0, 0.1) is 0 Å². The number of carbonyl (C=O) groups is 1. The first-order valence-electron chi connectivity index (χ1n) is 8.09. The van der Waals surface area contributed by atoms with E-state index in [4.69, 9.17) is 0 Å². The number of benzene rings is 1. The second-order valence-corrected chi connectivity index (χ2v) is 5.95. The van der Waals surface area contributed by atoms with Crippen molar-refractivity contribution in [2.45, 2.75) is 38.6 Å². The topological polar surface area (TPSA) is 38.1 Å². The Morgan fingerprint density at radius 3 is 2.77 bits per heavy atom. The van der Waals surface area contributed by atoms with Gasteiger partial charge in [0, 0.05) is 44.4 Å². The number of imidazole rings is 1. The van der Waals surface area contributed by atoms with Gasteiger partial charge in [-0.2, -0.15) is 0 Å². The van der Waals surface area contributed by atoms with Gasteiger partial charge < -0.3 is 9.47 Å². The molecule has 1 fully saturated rings. The van der Waals surface area contributed by atoms with Gasteiger partial charge in [0.05, 0.1) is 0 Å². The molecule has 1 aromatic carbocycles. The summed E-state index contributed by atoms with van der Waals surface area (Å²) in [5.74, 6) is 1.69. The van der Waals surface area contributed by atoms with Gasteiger partial charge in [0.25, 0.3) is 0 Å². The smallest absolute Gasteiger partial charge is 0.222 e. The number of aromatic nitrogens is 2. The van der Waals surface area contributed by atoms with Crippen molar-refractivity contribution < 1.29 is 4.79 Å². The quantitative estimate of drug-likeness (QED) is 0.822. The number of amides is 1. The number of likely N-dealkylation sites (tertiary alicyclic amines) is 1. The van der Waals surface area contributed by atoms with E-state index in [0.717, 1.165) is 44.7 Å². The van der Waals surface area contributed by atoms with E-state index in [0.29, 0.717) is 5.91 Å². The van der Waals surface area contributed by atoms with Crippen molar-refractivity contribution in [2.75, 3.05) is 13.1 Å². The fourth-order valence-corrected chi connectivity index (χ4v) is 3.15. The molecule has 1 atom stereocenters. The molecule has 1 saturated heterocycles. The van der Waals surface area contributed by atoms with Crippen LogP contribution in [0.3, 0.4) is 0 Å². The Balaban J connectivity index is 1.61. The van der Waals surface area contributed by atoms with Gasteiger partial charge in [-0.3, -0.25) is 4.79 Å². The van der Waals surface area contributed by atoms with Gasteiger partial charge in [-0.25, -0.2) is 4.98 Å². The van der Waals surface area contributed by atoms with Crippen molar-refractivity contribution in [2.24, 2.45) is 0 Å². The fourth-order valence-electron chi connectivity index (χ4n) is 3.15. The average molecular weight is 297 g/mol. The summed E-state index contributed by atoms with van der Waals surface area (Å²) >= 11 is 0. The molecular formula is C18H23N3O. The minimum absolute atomic E-state index is 0.282. The van der Waals surface area contributed by atoms with Crippen LogP contribution in [0.1, 0.15) is 43.5 Å². The molecule has 1 amide bonds. The van der Waals surface area contributed by atoms with Crippen LogP contribution in [0.25, 0.3) is 0 Å². The Bertz CT molecular complexity index is 620. The lowest BCUT2D eigenvalue weighted by atomic mass is 10.0. The number of hydrogen-bond donors (Lipinski definition) is 0. The highest BCUT2D eigenvalue weighted by Gasteiger charge is 2.19. The van der Waals surface area contributed by atoms with Crippen LogP contribution >= 0.6 is 0 Å². The molecule has 2 aromatic rings. The molecule has 4 nitrogen and oxygen atoms in total. The van der Waals surface area contributed by atoms with Gasteiger partial charge in [-0.05, 0) is 18.4 Å². The normalized spacial score (nSPS) is 16.2. The molecule has 0 bridgehead atoms. The maximum Gasteiger partial charge on any atom is 0.222 e.